The molecule has 186 valence electrons. The first-order valence-electron chi connectivity index (χ1n) is 11.7. The van der Waals surface area contributed by atoms with Crippen LogP contribution in [-0.4, -0.2) is 50.5 Å². The van der Waals surface area contributed by atoms with Gasteiger partial charge in [0.2, 0.25) is 21.8 Å². The van der Waals surface area contributed by atoms with E-state index in [1.165, 1.54) is 4.90 Å². The van der Waals surface area contributed by atoms with Crippen LogP contribution in [0, 0.1) is 20.8 Å². The second kappa shape index (κ2) is 12.0. The summed E-state index contributed by atoms with van der Waals surface area (Å²) in [6.45, 7) is 9.97. The van der Waals surface area contributed by atoms with Crippen molar-refractivity contribution in [2.75, 3.05) is 23.7 Å². The van der Waals surface area contributed by atoms with E-state index in [4.69, 9.17) is 0 Å². The minimum absolute atomic E-state index is 0.210. The average molecular weight is 488 g/mol. The van der Waals surface area contributed by atoms with E-state index in [9.17, 15) is 18.0 Å². The Hall–Kier alpha value is -2.87. The van der Waals surface area contributed by atoms with Gasteiger partial charge < -0.3 is 10.2 Å². The minimum atomic E-state index is -3.74. The highest BCUT2D eigenvalue weighted by atomic mass is 32.2. The maximum Gasteiger partial charge on any atom is 0.244 e. The molecule has 1 N–H and O–H groups in total. The van der Waals surface area contributed by atoms with Crippen molar-refractivity contribution < 1.29 is 18.0 Å². The molecule has 0 saturated carbocycles. The number of benzene rings is 2. The fourth-order valence-corrected chi connectivity index (χ4v) is 4.51. The van der Waals surface area contributed by atoms with Gasteiger partial charge in [-0.2, -0.15) is 0 Å². The molecule has 1 atom stereocenters. The average Bonchev–Trinajstić information content (AvgIpc) is 2.78. The van der Waals surface area contributed by atoms with Crippen LogP contribution in [0.25, 0.3) is 0 Å². The van der Waals surface area contributed by atoms with Crippen LogP contribution in [-0.2, 0) is 26.2 Å². The fourth-order valence-electron chi connectivity index (χ4n) is 3.67. The number of sulfonamides is 1. The van der Waals surface area contributed by atoms with Crippen LogP contribution >= 0.6 is 0 Å². The third-order valence-corrected chi connectivity index (χ3v) is 7.01. The number of carbonyl (C=O) groups excluding carboxylic acids is 2. The molecule has 0 bridgehead atoms. The number of hydrogen-bond acceptors (Lipinski definition) is 4. The third-order valence-electron chi connectivity index (χ3n) is 5.87. The summed E-state index contributed by atoms with van der Waals surface area (Å²) in [6.07, 6.45) is 2.28. The number of hydrogen-bond donors (Lipinski definition) is 1. The number of carbonyl (C=O) groups is 2. The van der Waals surface area contributed by atoms with Crippen molar-refractivity contribution in [3.05, 3.63) is 64.7 Å². The number of amides is 2. The van der Waals surface area contributed by atoms with Crippen LogP contribution in [0.3, 0.4) is 0 Å². The van der Waals surface area contributed by atoms with E-state index in [-0.39, 0.29) is 19.0 Å². The second-order valence-electron chi connectivity index (χ2n) is 8.76. The zero-order valence-electron chi connectivity index (χ0n) is 21.1. The van der Waals surface area contributed by atoms with Crippen LogP contribution < -0.4 is 9.62 Å². The molecule has 8 heteroatoms. The van der Waals surface area contributed by atoms with Gasteiger partial charge in [0.25, 0.3) is 0 Å². The van der Waals surface area contributed by atoms with E-state index in [0.717, 1.165) is 39.2 Å². The Morgan fingerprint density at radius 3 is 2.15 bits per heavy atom. The van der Waals surface area contributed by atoms with E-state index in [0.29, 0.717) is 18.7 Å². The SMILES string of the molecule is CCCNC(=O)[C@H](CC)N(Cc1ccc(C)cc1)C(=O)CN(c1ccc(C)c(C)c1)S(C)(=O)=O. The van der Waals surface area contributed by atoms with Gasteiger partial charge in [-0.05, 0) is 62.4 Å². The Kier molecular flexibility index (Phi) is 9.67. The second-order valence-corrected chi connectivity index (χ2v) is 10.7. The molecular weight excluding hydrogens is 450 g/mol. The number of anilines is 1. The lowest BCUT2D eigenvalue weighted by Gasteiger charge is -2.33. The van der Waals surface area contributed by atoms with Gasteiger partial charge in [-0.25, -0.2) is 8.42 Å². The zero-order chi connectivity index (χ0) is 25.5. The Morgan fingerprint density at radius 1 is 0.971 bits per heavy atom. The Morgan fingerprint density at radius 2 is 1.62 bits per heavy atom. The highest BCUT2D eigenvalue weighted by molar-refractivity contribution is 7.92. The van der Waals surface area contributed by atoms with Gasteiger partial charge in [0.1, 0.15) is 12.6 Å². The summed E-state index contributed by atoms with van der Waals surface area (Å²) in [5.74, 6) is -0.662. The van der Waals surface area contributed by atoms with E-state index >= 15 is 0 Å². The highest BCUT2D eigenvalue weighted by Crippen LogP contribution is 2.22. The van der Waals surface area contributed by atoms with Gasteiger partial charge >= 0.3 is 0 Å². The first-order valence-corrected chi connectivity index (χ1v) is 13.5. The molecule has 7 nitrogen and oxygen atoms in total. The normalized spacial score (nSPS) is 12.2. The molecule has 0 heterocycles. The summed E-state index contributed by atoms with van der Waals surface area (Å²) in [5, 5.41) is 2.88. The topological polar surface area (TPSA) is 86.8 Å². The molecule has 34 heavy (non-hydrogen) atoms. The van der Waals surface area contributed by atoms with Crippen molar-refractivity contribution in [2.45, 2.75) is 60.0 Å². The van der Waals surface area contributed by atoms with Crippen molar-refractivity contribution in [2.24, 2.45) is 0 Å². The van der Waals surface area contributed by atoms with Gasteiger partial charge in [0.05, 0.1) is 11.9 Å². The molecule has 2 amide bonds. The van der Waals surface area contributed by atoms with Gasteiger partial charge in [-0.1, -0.05) is 49.7 Å². The summed E-state index contributed by atoms with van der Waals surface area (Å²) >= 11 is 0. The van der Waals surface area contributed by atoms with Crippen molar-refractivity contribution in [1.29, 1.82) is 0 Å². The molecule has 0 spiro atoms. The summed E-state index contributed by atoms with van der Waals surface area (Å²) < 4.78 is 26.5. The van der Waals surface area contributed by atoms with Crippen molar-refractivity contribution >= 4 is 27.5 Å². The molecule has 0 fully saturated rings. The molecule has 2 aromatic rings. The number of nitrogens with one attached hydrogen (secondary N) is 1. The number of nitrogens with zero attached hydrogens (tertiary/aromatic N) is 2. The molecule has 0 aliphatic carbocycles. The van der Waals surface area contributed by atoms with Gasteiger partial charge in [0, 0.05) is 13.1 Å². The van der Waals surface area contributed by atoms with Crippen LogP contribution in [0.1, 0.15) is 48.9 Å². The highest BCUT2D eigenvalue weighted by Gasteiger charge is 2.31. The van der Waals surface area contributed by atoms with Crippen LogP contribution in [0.2, 0.25) is 0 Å². The lowest BCUT2D eigenvalue weighted by molar-refractivity contribution is -0.140. The van der Waals surface area contributed by atoms with E-state index in [2.05, 4.69) is 5.32 Å². The molecule has 2 rings (SSSR count). The van der Waals surface area contributed by atoms with Crippen molar-refractivity contribution in [1.82, 2.24) is 10.2 Å². The zero-order valence-corrected chi connectivity index (χ0v) is 21.9. The van der Waals surface area contributed by atoms with E-state index < -0.39 is 22.0 Å². The maximum atomic E-state index is 13.6. The standard InChI is InChI=1S/C26H37N3O4S/c1-7-15-27-26(31)24(8-2)28(17-22-12-9-19(3)10-13-22)25(30)18-29(34(6,32)33)23-14-11-20(4)21(5)16-23/h9-14,16,24H,7-8,15,17-18H2,1-6H3,(H,27,31)/t24-/m0/s1. The van der Waals surface area contributed by atoms with Gasteiger partial charge in [0.15, 0.2) is 0 Å². The number of aryl methyl sites for hydroxylation is 3. The molecule has 2 aromatic carbocycles. The number of rotatable bonds is 11. The largest absolute Gasteiger partial charge is 0.354 e. The molecule has 0 unspecified atom stereocenters. The van der Waals surface area contributed by atoms with Gasteiger partial charge in [-0.15, -0.1) is 0 Å². The van der Waals surface area contributed by atoms with Crippen LogP contribution in [0.5, 0.6) is 0 Å². The molecular formula is C26H37N3O4S. The quantitative estimate of drug-likeness (QED) is 0.523. The summed E-state index contributed by atoms with van der Waals surface area (Å²) in [7, 11) is -3.74. The fraction of sp³-hybridized carbons (Fsp3) is 0.462. The first-order chi connectivity index (χ1) is 16.0. The molecule has 0 aliphatic rings. The smallest absolute Gasteiger partial charge is 0.244 e. The Labute approximate surface area is 204 Å². The Balaban J connectivity index is 2.43. The molecule has 0 radical (unpaired) electrons. The molecule has 0 aromatic heterocycles. The van der Waals surface area contributed by atoms with Crippen LogP contribution in [0.4, 0.5) is 5.69 Å². The molecule has 0 saturated heterocycles. The predicted octanol–water partition coefficient (Wildman–Crippen LogP) is 3.71. The van der Waals surface area contributed by atoms with Gasteiger partial charge in [-0.3, -0.25) is 13.9 Å². The monoisotopic (exact) mass is 487 g/mol. The van der Waals surface area contributed by atoms with E-state index in [1.807, 2.05) is 65.0 Å². The maximum absolute atomic E-state index is 13.6. The van der Waals surface area contributed by atoms with Crippen molar-refractivity contribution in [3.8, 4) is 0 Å². The van der Waals surface area contributed by atoms with E-state index in [1.54, 1.807) is 12.1 Å². The lowest BCUT2D eigenvalue weighted by atomic mass is 10.1. The lowest BCUT2D eigenvalue weighted by Crippen LogP contribution is -2.52. The molecule has 0 aliphatic heterocycles. The predicted molar refractivity (Wildman–Crippen MR) is 137 cm³/mol. The van der Waals surface area contributed by atoms with Crippen molar-refractivity contribution in [3.63, 3.8) is 0 Å². The summed E-state index contributed by atoms with van der Waals surface area (Å²) in [4.78, 5) is 28.0. The minimum Gasteiger partial charge on any atom is -0.354 e. The first kappa shape index (κ1) is 27.4. The van der Waals surface area contributed by atoms with Crippen LogP contribution in [0.15, 0.2) is 42.5 Å². The summed E-state index contributed by atoms with van der Waals surface area (Å²) in [5.41, 5.74) is 4.35. The third kappa shape index (κ3) is 7.32. The Bertz CT molecular complexity index is 1100. The summed E-state index contributed by atoms with van der Waals surface area (Å²) in [6, 6.07) is 12.3.